The zero-order valence-electron chi connectivity index (χ0n) is 12.9. The third-order valence-electron chi connectivity index (χ3n) is 3.29. The minimum atomic E-state index is -1.45. The van der Waals surface area contributed by atoms with E-state index < -0.39 is 46.1 Å². The first-order chi connectivity index (χ1) is 11.2. The average Bonchev–Trinajstić information content (AvgIpc) is 2.53. The summed E-state index contributed by atoms with van der Waals surface area (Å²) >= 11 is 0. The van der Waals surface area contributed by atoms with Crippen molar-refractivity contribution >= 4 is 53.4 Å². The van der Waals surface area contributed by atoms with Gasteiger partial charge in [0.05, 0.1) is 22.3 Å². The van der Waals surface area contributed by atoms with Gasteiger partial charge < -0.3 is 20.4 Å². The molecule has 2 rings (SSSR count). The molecule has 25 heavy (non-hydrogen) atoms. The summed E-state index contributed by atoms with van der Waals surface area (Å²) in [7, 11) is 0. The number of benzene rings is 2. The van der Waals surface area contributed by atoms with Crippen molar-refractivity contribution in [1.82, 2.24) is 0 Å². The Labute approximate surface area is 162 Å². The molecule has 0 amide bonds. The SMILES string of the molecule is O=C(O)c1ccc(-c2ccc(C(=O)O)c(C(=O)O)c2)cc1C(=O)O.[Na]. The largest absolute Gasteiger partial charge is 0.478 e. The maximum atomic E-state index is 11.2. The van der Waals surface area contributed by atoms with Gasteiger partial charge in [0.25, 0.3) is 0 Å². The van der Waals surface area contributed by atoms with Crippen LogP contribution >= 0.6 is 0 Å². The first kappa shape index (κ1) is 20.4. The molecule has 0 aromatic heterocycles. The van der Waals surface area contributed by atoms with Crippen LogP contribution in [0.5, 0.6) is 0 Å². The number of aromatic carboxylic acids is 4. The molecule has 0 aliphatic rings. The van der Waals surface area contributed by atoms with Crippen LogP contribution in [0.2, 0.25) is 0 Å². The predicted molar refractivity (Wildman–Crippen MR) is 85.5 cm³/mol. The minimum absolute atomic E-state index is 0. The van der Waals surface area contributed by atoms with Gasteiger partial charge in [-0.15, -0.1) is 0 Å². The maximum absolute atomic E-state index is 11.2. The number of hydrogen-bond donors (Lipinski definition) is 4. The van der Waals surface area contributed by atoms with Crippen LogP contribution in [0.25, 0.3) is 11.1 Å². The molecule has 0 saturated heterocycles. The van der Waals surface area contributed by atoms with Crippen molar-refractivity contribution in [2.24, 2.45) is 0 Å². The number of hydrogen-bond acceptors (Lipinski definition) is 4. The summed E-state index contributed by atoms with van der Waals surface area (Å²) in [5.74, 6) is -5.72. The average molecular weight is 353 g/mol. The zero-order valence-corrected chi connectivity index (χ0v) is 14.9. The molecular formula is C16H10NaO8. The fourth-order valence-electron chi connectivity index (χ4n) is 2.17. The van der Waals surface area contributed by atoms with Crippen LogP contribution in [0.1, 0.15) is 41.4 Å². The maximum Gasteiger partial charge on any atom is 0.336 e. The van der Waals surface area contributed by atoms with Crippen LogP contribution in [0.3, 0.4) is 0 Å². The van der Waals surface area contributed by atoms with Crippen molar-refractivity contribution < 1.29 is 39.6 Å². The first-order valence-electron chi connectivity index (χ1n) is 6.44. The molecule has 0 aliphatic carbocycles. The third-order valence-corrected chi connectivity index (χ3v) is 3.29. The molecule has 2 aromatic carbocycles. The molecule has 0 atom stereocenters. The second-order valence-corrected chi connectivity index (χ2v) is 4.74. The molecule has 0 saturated carbocycles. The summed E-state index contributed by atoms with van der Waals surface area (Å²) in [5.41, 5.74) is -1.24. The number of carboxylic acid groups (broad SMARTS) is 4. The van der Waals surface area contributed by atoms with Crippen LogP contribution < -0.4 is 0 Å². The van der Waals surface area contributed by atoms with Crippen LogP contribution in [0.4, 0.5) is 0 Å². The van der Waals surface area contributed by atoms with Crippen molar-refractivity contribution in [3.05, 3.63) is 58.7 Å². The van der Waals surface area contributed by atoms with Crippen molar-refractivity contribution in [3.63, 3.8) is 0 Å². The van der Waals surface area contributed by atoms with E-state index >= 15 is 0 Å². The Bertz CT molecular complexity index is 814. The Morgan fingerprint density at radius 3 is 1.04 bits per heavy atom. The van der Waals surface area contributed by atoms with Crippen LogP contribution in [0, 0.1) is 0 Å². The smallest absolute Gasteiger partial charge is 0.336 e. The topological polar surface area (TPSA) is 149 Å². The van der Waals surface area contributed by atoms with Crippen molar-refractivity contribution in [3.8, 4) is 11.1 Å². The Kier molecular flexibility index (Phi) is 6.46. The fraction of sp³-hybridized carbons (Fsp3) is 0. The Balaban J connectivity index is 0.00000312. The number of rotatable bonds is 5. The van der Waals surface area contributed by atoms with E-state index in [-0.39, 0.29) is 40.7 Å². The van der Waals surface area contributed by atoms with Gasteiger partial charge in [0, 0.05) is 29.6 Å². The summed E-state index contributed by atoms with van der Waals surface area (Å²) in [6, 6.07) is 6.99. The summed E-state index contributed by atoms with van der Waals surface area (Å²) in [5, 5.41) is 36.2. The Morgan fingerprint density at radius 2 is 0.800 bits per heavy atom. The number of carbonyl (C=O) groups is 4. The summed E-state index contributed by atoms with van der Waals surface area (Å²) < 4.78 is 0. The van der Waals surface area contributed by atoms with Crippen molar-refractivity contribution in [2.45, 2.75) is 0 Å². The van der Waals surface area contributed by atoms with Crippen molar-refractivity contribution in [1.29, 1.82) is 0 Å². The second kappa shape index (κ2) is 7.93. The van der Waals surface area contributed by atoms with Gasteiger partial charge in [0.15, 0.2) is 0 Å². The molecule has 1 radical (unpaired) electrons. The summed E-state index contributed by atoms with van der Waals surface area (Å²) in [6.07, 6.45) is 0. The molecule has 0 aliphatic heterocycles. The van der Waals surface area contributed by atoms with Gasteiger partial charge in [-0.1, -0.05) is 12.1 Å². The van der Waals surface area contributed by atoms with E-state index in [9.17, 15) is 19.2 Å². The Hall–Kier alpha value is -2.68. The first-order valence-corrected chi connectivity index (χ1v) is 6.44. The summed E-state index contributed by atoms with van der Waals surface area (Å²) in [6.45, 7) is 0. The molecular weight excluding hydrogens is 343 g/mol. The monoisotopic (exact) mass is 353 g/mol. The minimum Gasteiger partial charge on any atom is -0.478 e. The van der Waals surface area contributed by atoms with Gasteiger partial charge >= 0.3 is 23.9 Å². The van der Waals surface area contributed by atoms with Gasteiger partial charge in [-0.25, -0.2) is 19.2 Å². The van der Waals surface area contributed by atoms with Gasteiger partial charge in [-0.3, -0.25) is 0 Å². The molecule has 0 heterocycles. The van der Waals surface area contributed by atoms with E-state index in [2.05, 4.69) is 0 Å². The van der Waals surface area contributed by atoms with E-state index in [1.165, 1.54) is 12.1 Å². The molecule has 4 N–H and O–H groups in total. The van der Waals surface area contributed by atoms with Crippen LogP contribution in [-0.4, -0.2) is 73.9 Å². The van der Waals surface area contributed by atoms with Gasteiger partial charge in [0.2, 0.25) is 0 Å². The molecule has 9 heteroatoms. The zero-order chi connectivity index (χ0) is 18.0. The molecule has 0 unspecified atom stereocenters. The molecule has 0 spiro atoms. The summed E-state index contributed by atoms with van der Waals surface area (Å²) in [4.78, 5) is 44.4. The third kappa shape index (κ3) is 4.24. The van der Waals surface area contributed by atoms with Crippen molar-refractivity contribution in [2.75, 3.05) is 0 Å². The predicted octanol–water partition coefficient (Wildman–Crippen LogP) is 1.77. The molecule has 8 nitrogen and oxygen atoms in total. The standard InChI is InChI=1S/C16H10O8.Na/c17-13(18)9-3-1-7(5-11(9)15(21)22)8-2-4-10(14(19)20)12(6-8)16(23)24;/h1-6H,(H,17,18)(H,19,20)(H,21,22)(H,23,24);. The van der Waals surface area contributed by atoms with Crippen LogP contribution in [0.15, 0.2) is 36.4 Å². The molecule has 123 valence electrons. The van der Waals surface area contributed by atoms with Gasteiger partial charge in [0.1, 0.15) is 0 Å². The fourth-order valence-corrected chi connectivity index (χ4v) is 2.17. The van der Waals surface area contributed by atoms with E-state index in [4.69, 9.17) is 20.4 Å². The normalized spacial score (nSPS) is 9.76. The molecule has 0 fully saturated rings. The van der Waals surface area contributed by atoms with Gasteiger partial charge in [-0.05, 0) is 35.4 Å². The van der Waals surface area contributed by atoms with Gasteiger partial charge in [-0.2, -0.15) is 0 Å². The second-order valence-electron chi connectivity index (χ2n) is 4.74. The van der Waals surface area contributed by atoms with E-state index in [0.29, 0.717) is 0 Å². The molecule has 0 bridgehead atoms. The molecule has 2 aromatic rings. The number of carboxylic acids is 4. The van der Waals surface area contributed by atoms with E-state index in [0.717, 1.165) is 24.3 Å². The quantitative estimate of drug-likeness (QED) is 0.594. The van der Waals surface area contributed by atoms with Crippen LogP contribution in [-0.2, 0) is 0 Å². The Morgan fingerprint density at radius 1 is 0.520 bits per heavy atom. The van der Waals surface area contributed by atoms with E-state index in [1.54, 1.807) is 0 Å². The van der Waals surface area contributed by atoms with E-state index in [1.807, 2.05) is 0 Å².